The predicted molar refractivity (Wildman–Crippen MR) is 56.8 cm³/mol. The van der Waals surface area contributed by atoms with Crippen LogP contribution in [-0.2, 0) is 10.2 Å². The molecule has 0 aliphatic heterocycles. The summed E-state index contributed by atoms with van der Waals surface area (Å²) in [6, 6.07) is 0. The van der Waals surface area contributed by atoms with Crippen molar-refractivity contribution in [3.8, 4) is 0 Å². The Morgan fingerprint density at radius 1 is 1.57 bits per heavy atom. The van der Waals surface area contributed by atoms with Crippen molar-refractivity contribution >= 4 is 17.3 Å². The largest absolute Gasteiger partial charge is 0.461 e. The molecule has 1 aromatic heterocycles. The van der Waals surface area contributed by atoms with Crippen molar-refractivity contribution in [2.45, 2.75) is 33.1 Å². The lowest BCUT2D eigenvalue weighted by atomic mass is 9.93. The Morgan fingerprint density at radius 2 is 2.21 bits per heavy atom. The molecular formula is C10H15NO2S. The summed E-state index contributed by atoms with van der Waals surface area (Å²) >= 11 is 1.34. The van der Waals surface area contributed by atoms with Crippen LogP contribution in [0.15, 0.2) is 5.38 Å². The first-order chi connectivity index (χ1) is 6.45. The number of esters is 1. The van der Waals surface area contributed by atoms with E-state index in [1.54, 1.807) is 6.92 Å². The van der Waals surface area contributed by atoms with Crippen LogP contribution in [0.3, 0.4) is 0 Å². The van der Waals surface area contributed by atoms with Gasteiger partial charge in [0.05, 0.1) is 12.3 Å². The van der Waals surface area contributed by atoms with Crippen molar-refractivity contribution in [3.63, 3.8) is 0 Å². The zero-order valence-electron chi connectivity index (χ0n) is 8.96. The average Bonchev–Trinajstić information content (AvgIpc) is 2.51. The zero-order valence-corrected chi connectivity index (χ0v) is 9.77. The molecule has 4 heteroatoms. The molecule has 1 aromatic rings. The van der Waals surface area contributed by atoms with E-state index >= 15 is 0 Å². The number of carbonyl (C=O) groups excluding carboxylic acids is 1. The number of hydrogen-bond donors (Lipinski definition) is 0. The summed E-state index contributed by atoms with van der Waals surface area (Å²) < 4.78 is 4.86. The van der Waals surface area contributed by atoms with Crippen LogP contribution in [0.5, 0.6) is 0 Å². The van der Waals surface area contributed by atoms with Gasteiger partial charge in [-0.25, -0.2) is 9.78 Å². The van der Waals surface area contributed by atoms with Crippen molar-refractivity contribution in [3.05, 3.63) is 16.1 Å². The molecule has 0 unspecified atom stereocenters. The maximum atomic E-state index is 11.3. The Balaban J connectivity index is 2.83. The molecule has 0 aliphatic rings. The van der Waals surface area contributed by atoms with Gasteiger partial charge in [-0.2, -0.15) is 0 Å². The fourth-order valence-corrected chi connectivity index (χ4v) is 1.84. The van der Waals surface area contributed by atoms with Crippen molar-refractivity contribution in [1.29, 1.82) is 0 Å². The number of ether oxygens (including phenoxy) is 1. The van der Waals surface area contributed by atoms with Gasteiger partial charge in [-0.15, -0.1) is 11.3 Å². The molecule has 0 saturated heterocycles. The number of rotatable bonds is 2. The van der Waals surface area contributed by atoms with E-state index in [0.29, 0.717) is 11.6 Å². The number of hydrogen-bond acceptors (Lipinski definition) is 4. The van der Waals surface area contributed by atoms with Crippen LogP contribution in [0.25, 0.3) is 0 Å². The van der Waals surface area contributed by atoms with Crippen molar-refractivity contribution in [2.24, 2.45) is 0 Å². The Kier molecular flexibility index (Phi) is 3.26. The maximum Gasteiger partial charge on any atom is 0.367 e. The second-order valence-corrected chi connectivity index (χ2v) is 4.87. The minimum absolute atomic E-state index is 0.0127. The monoisotopic (exact) mass is 213 g/mol. The molecule has 78 valence electrons. The number of carbonyl (C=O) groups is 1. The lowest BCUT2D eigenvalue weighted by Gasteiger charge is -2.13. The molecule has 0 aliphatic carbocycles. The Bertz CT molecular complexity index is 325. The van der Waals surface area contributed by atoms with Crippen LogP contribution < -0.4 is 0 Å². The summed E-state index contributed by atoms with van der Waals surface area (Å²) in [5.41, 5.74) is 0.923. The second kappa shape index (κ2) is 4.09. The topological polar surface area (TPSA) is 39.2 Å². The van der Waals surface area contributed by atoms with Crippen LogP contribution in [0.4, 0.5) is 0 Å². The first-order valence-corrected chi connectivity index (χ1v) is 5.46. The number of aromatic nitrogens is 1. The Morgan fingerprint density at radius 3 is 2.64 bits per heavy atom. The van der Waals surface area contributed by atoms with E-state index in [9.17, 15) is 4.79 Å². The second-order valence-electron chi connectivity index (χ2n) is 4.01. The molecule has 0 radical (unpaired) electrons. The van der Waals surface area contributed by atoms with Gasteiger partial charge in [-0.05, 0) is 6.92 Å². The highest BCUT2D eigenvalue weighted by atomic mass is 32.1. The minimum Gasteiger partial charge on any atom is -0.461 e. The summed E-state index contributed by atoms with van der Waals surface area (Å²) in [7, 11) is 0. The summed E-state index contributed by atoms with van der Waals surface area (Å²) in [6.07, 6.45) is 0. The normalized spacial score (nSPS) is 11.4. The van der Waals surface area contributed by atoms with Gasteiger partial charge in [0.2, 0.25) is 5.01 Å². The number of thiazole rings is 1. The molecule has 0 bridgehead atoms. The summed E-state index contributed by atoms with van der Waals surface area (Å²) in [4.78, 5) is 15.6. The molecule has 0 atom stereocenters. The highest BCUT2D eigenvalue weighted by Crippen LogP contribution is 2.24. The van der Waals surface area contributed by atoms with Gasteiger partial charge in [0.25, 0.3) is 0 Å². The van der Waals surface area contributed by atoms with Crippen LogP contribution in [0.2, 0.25) is 0 Å². The van der Waals surface area contributed by atoms with Crippen LogP contribution >= 0.6 is 11.3 Å². The predicted octanol–water partition coefficient (Wildman–Crippen LogP) is 2.62. The summed E-state index contributed by atoms with van der Waals surface area (Å²) in [6.45, 7) is 8.38. The van der Waals surface area contributed by atoms with Gasteiger partial charge >= 0.3 is 5.97 Å². The fourth-order valence-electron chi connectivity index (χ4n) is 0.905. The van der Waals surface area contributed by atoms with Gasteiger partial charge in [-0.3, -0.25) is 0 Å². The molecular weight excluding hydrogens is 198 g/mol. The minimum atomic E-state index is -0.326. The molecule has 1 heterocycles. The van der Waals surface area contributed by atoms with Gasteiger partial charge in [-0.1, -0.05) is 20.8 Å². The third-order valence-electron chi connectivity index (χ3n) is 1.72. The third kappa shape index (κ3) is 2.54. The van der Waals surface area contributed by atoms with Crippen LogP contribution in [-0.4, -0.2) is 17.6 Å². The van der Waals surface area contributed by atoms with Gasteiger partial charge in [0, 0.05) is 10.8 Å². The molecule has 0 amide bonds. The molecule has 0 spiro atoms. The van der Waals surface area contributed by atoms with Crippen molar-refractivity contribution in [2.75, 3.05) is 6.61 Å². The van der Waals surface area contributed by atoms with E-state index in [1.807, 2.05) is 5.38 Å². The highest BCUT2D eigenvalue weighted by Gasteiger charge is 2.20. The molecule has 3 nitrogen and oxygen atoms in total. The first-order valence-electron chi connectivity index (χ1n) is 4.58. The fraction of sp³-hybridized carbons (Fsp3) is 0.600. The Labute approximate surface area is 88.1 Å². The zero-order chi connectivity index (χ0) is 10.8. The quantitative estimate of drug-likeness (QED) is 0.709. The standard InChI is InChI=1S/C10H15NO2S/c1-5-13-9(12)8-11-7(6-14-8)10(2,3)4/h6H,5H2,1-4H3. The molecule has 0 N–H and O–H groups in total. The van der Waals surface area contributed by atoms with Crippen LogP contribution in [0, 0.1) is 0 Å². The van der Waals surface area contributed by atoms with E-state index in [4.69, 9.17) is 4.74 Å². The van der Waals surface area contributed by atoms with Gasteiger partial charge in [0.1, 0.15) is 0 Å². The molecule has 1 rings (SSSR count). The Hall–Kier alpha value is -0.900. The lowest BCUT2D eigenvalue weighted by molar-refractivity contribution is 0.0525. The van der Waals surface area contributed by atoms with E-state index in [1.165, 1.54) is 11.3 Å². The van der Waals surface area contributed by atoms with Crippen molar-refractivity contribution in [1.82, 2.24) is 4.98 Å². The van der Waals surface area contributed by atoms with E-state index < -0.39 is 0 Å². The van der Waals surface area contributed by atoms with Gasteiger partial charge in [0.15, 0.2) is 0 Å². The van der Waals surface area contributed by atoms with Crippen LogP contribution in [0.1, 0.15) is 43.2 Å². The molecule has 0 fully saturated rings. The maximum absolute atomic E-state index is 11.3. The average molecular weight is 213 g/mol. The van der Waals surface area contributed by atoms with E-state index in [-0.39, 0.29) is 11.4 Å². The van der Waals surface area contributed by atoms with E-state index in [0.717, 1.165) is 5.69 Å². The number of nitrogens with zero attached hydrogens (tertiary/aromatic N) is 1. The smallest absolute Gasteiger partial charge is 0.367 e. The van der Waals surface area contributed by atoms with E-state index in [2.05, 4.69) is 25.8 Å². The summed E-state index contributed by atoms with van der Waals surface area (Å²) in [5, 5.41) is 2.35. The first kappa shape index (κ1) is 11.2. The SMILES string of the molecule is CCOC(=O)c1nc(C(C)(C)C)cs1. The molecule has 0 saturated carbocycles. The summed E-state index contributed by atoms with van der Waals surface area (Å²) in [5.74, 6) is -0.326. The highest BCUT2D eigenvalue weighted by molar-refractivity contribution is 7.11. The lowest BCUT2D eigenvalue weighted by Crippen LogP contribution is -2.12. The molecule has 0 aromatic carbocycles. The van der Waals surface area contributed by atoms with Gasteiger partial charge < -0.3 is 4.74 Å². The third-order valence-corrected chi connectivity index (χ3v) is 2.54. The van der Waals surface area contributed by atoms with Crippen molar-refractivity contribution < 1.29 is 9.53 Å². The molecule has 14 heavy (non-hydrogen) atoms.